The van der Waals surface area contributed by atoms with Crippen LogP contribution in [0.4, 0.5) is 5.13 Å². The molecule has 2 N–H and O–H groups in total. The zero-order chi connectivity index (χ0) is 20.3. The van der Waals surface area contributed by atoms with Crippen LogP contribution in [0.1, 0.15) is 5.56 Å². The minimum Gasteiger partial charge on any atom is -0.493 e. The van der Waals surface area contributed by atoms with E-state index in [9.17, 15) is 8.42 Å². The van der Waals surface area contributed by atoms with Crippen molar-refractivity contribution in [2.45, 2.75) is 10.8 Å². The molecule has 28 heavy (non-hydrogen) atoms. The Morgan fingerprint density at radius 2 is 1.75 bits per heavy atom. The molecule has 1 aliphatic rings. The quantitative estimate of drug-likeness (QED) is 0.700. The molecular formula is C17H24N4O5S2. The van der Waals surface area contributed by atoms with Crippen molar-refractivity contribution >= 4 is 26.5 Å². The number of anilines is 1. The Morgan fingerprint density at radius 1 is 1.07 bits per heavy atom. The summed E-state index contributed by atoms with van der Waals surface area (Å²) in [7, 11) is 1.09. The highest BCUT2D eigenvalue weighted by Gasteiger charge is 2.23. The lowest BCUT2D eigenvalue weighted by molar-refractivity contribution is 0.243. The first-order valence-corrected chi connectivity index (χ1v) is 11.0. The Hall–Kier alpha value is -2.08. The Balaban J connectivity index is 1.67. The van der Waals surface area contributed by atoms with Gasteiger partial charge in [0.15, 0.2) is 20.8 Å². The minimum atomic E-state index is -3.71. The van der Waals surface area contributed by atoms with E-state index in [4.69, 9.17) is 19.3 Å². The molecule has 1 saturated heterocycles. The SMILES string of the molecule is COc1ccc(CN2CCN(c3ncc(S(N)(=O)=O)s3)CC2)c(OC)c1OC. The fourth-order valence-corrected chi connectivity index (χ4v) is 4.74. The summed E-state index contributed by atoms with van der Waals surface area (Å²) in [6.45, 7) is 3.81. The first kappa shape index (κ1) is 20.6. The Labute approximate surface area is 168 Å². The van der Waals surface area contributed by atoms with E-state index in [0.29, 0.717) is 28.9 Å². The third kappa shape index (κ3) is 4.32. The maximum absolute atomic E-state index is 11.4. The summed E-state index contributed by atoms with van der Waals surface area (Å²) < 4.78 is 39.3. The second-order valence-corrected chi connectivity index (χ2v) is 9.06. The van der Waals surface area contributed by atoms with Crippen molar-refractivity contribution < 1.29 is 22.6 Å². The lowest BCUT2D eigenvalue weighted by Gasteiger charge is -2.34. The van der Waals surface area contributed by atoms with E-state index in [2.05, 4.69) is 14.8 Å². The Bertz CT molecular complexity index is 924. The average molecular weight is 429 g/mol. The van der Waals surface area contributed by atoms with E-state index in [-0.39, 0.29) is 4.21 Å². The van der Waals surface area contributed by atoms with Crippen LogP contribution in [0.25, 0.3) is 0 Å². The highest BCUT2D eigenvalue weighted by atomic mass is 32.2. The second-order valence-electron chi connectivity index (χ2n) is 6.26. The van der Waals surface area contributed by atoms with Crippen LogP contribution >= 0.6 is 11.3 Å². The number of hydrogen-bond acceptors (Lipinski definition) is 9. The van der Waals surface area contributed by atoms with Gasteiger partial charge in [-0.2, -0.15) is 0 Å². The van der Waals surface area contributed by atoms with Crippen molar-refractivity contribution in [3.8, 4) is 17.2 Å². The van der Waals surface area contributed by atoms with Crippen LogP contribution in [0, 0.1) is 0 Å². The molecule has 154 valence electrons. The maximum Gasteiger partial charge on any atom is 0.249 e. The van der Waals surface area contributed by atoms with E-state index >= 15 is 0 Å². The van der Waals surface area contributed by atoms with Crippen LogP contribution in [0.15, 0.2) is 22.5 Å². The molecule has 0 atom stereocenters. The van der Waals surface area contributed by atoms with Gasteiger partial charge in [0.05, 0.1) is 27.5 Å². The molecular weight excluding hydrogens is 404 g/mol. The fourth-order valence-electron chi connectivity index (χ4n) is 3.15. The number of ether oxygens (including phenoxy) is 3. The van der Waals surface area contributed by atoms with Gasteiger partial charge >= 0.3 is 0 Å². The summed E-state index contributed by atoms with van der Waals surface area (Å²) in [5, 5.41) is 5.84. The van der Waals surface area contributed by atoms with E-state index in [1.807, 2.05) is 12.1 Å². The molecule has 2 aromatic rings. The molecule has 1 fully saturated rings. The normalized spacial score (nSPS) is 15.5. The fraction of sp³-hybridized carbons (Fsp3) is 0.471. The number of primary sulfonamides is 1. The van der Waals surface area contributed by atoms with Crippen LogP contribution in [0.3, 0.4) is 0 Å². The Kier molecular flexibility index (Phi) is 6.28. The number of piperazine rings is 1. The largest absolute Gasteiger partial charge is 0.493 e. The van der Waals surface area contributed by atoms with Crippen molar-refractivity contribution in [3.05, 3.63) is 23.9 Å². The standard InChI is InChI=1S/C17H24N4O5S2/c1-24-13-5-4-12(15(25-2)16(13)26-3)11-20-6-8-21(9-7-20)17-19-10-14(27-17)28(18,22)23/h4-5,10H,6-9,11H2,1-3H3,(H2,18,22,23). The van der Waals surface area contributed by atoms with Gasteiger partial charge in [-0.25, -0.2) is 18.5 Å². The number of benzene rings is 1. The third-order valence-electron chi connectivity index (χ3n) is 4.58. The summed E-state index contributed by atoms with van der Waals surface area (Å²) >= 11 is 1.10. The lowest BCUT2D eigenvalue weighted by Crippen LogP contribution is -2.46. The molecule has 1 aromatic carbocycles. The van der Waals surface area contributed by atoms with E-state index < -0.39 is 10.0 Å². The number of nitrogens with two attached hydrogens (primary N) is 1. The number of thiazole rings is 1. The molecule has 0 aliphatic carbocycles. The van der Waals surface area contributed by atoms with Crippen LogP contribution in [0.5, 0.6) is 17.2 Å². The van der Waals surface area contributed by atoms with Gasteiger partial charge in [-0.15, -0.1) is 0 Å². The summed E-state index contributed by atoms with van der Waals surface area (Å²) in [5.41, 5.74) is 1.01. The first-order chi connectivity index (χ1) is 13.4. The van der Waals surface area contributed by atoms with E-state index in [0.717, 1.165) is 43.1 Å². The van der Waals surface area contributed by atoms with Crippen LogP contribution < -0.4 is 24.2 Å². The molecule has 0 unspecified atom stereocenters. The number of methoxy groups -OCH3 is 3. The molecule has 0 bridgehead atoms. The predicted molar refractivity (Wildman–Crippen MR) is 107 cm³/mol. The van der Waals surface area contributed by atoms with Crippen molar-refractivity contribution in [3.63, 3.8) is 0 Å². The van der Waals surface area contributed by atoms with Gasteiger partial charge < -0.3 is 19.1 Å². The molecule has 1 aromatic heterocycles. The molecule has 2 heterocycles. The summed E-state index contributed by atoms with van der Waals surface area (Å²) in [4.78, 5) is 8.57. The van der Waals surface area contributed by atoms with Crippen molar-refractivity contribution in [1.82, 2.24) is 9.88 Å². The highest BCUT2D eigenvalue weighted by molar-refractivity contribution is 7.91. The van der Waals surface area contributed by atoms with Gasteiger partial charge in [-0.05, 0) is 6.07 Å². The third-order valence-corrected chi connectivity index (χ3v) is 7.04. The highest BCUT2D eigenvalue weighted by Crippen LogP contribution is 2.40. The van der Waals surface area contributed by atoms with Crippen molar-refractivity contribution in [2.75, 3.05) is 52.4 Å². The minimum absolute atomic E-state index is 0.0833. The van der Waals surface area contributed by atoms with Crippen LogP contribution in [-0.2, 0) is 16.6 Å². The van der Waals surface area contributed by atoms with Crippen LogP contribution in [0.2, 0.25) is 0 Å². The van der Waals surface area contributed by atoms with E-state index in [1.165, 1.54) is 6.20 Å². The van der Waals surface area contributed by atoms with E-state index in [1.54, 1.807) is 21.3 Å². The van der Waals surface area contributed by atoms with Gasteiger partial charge in [-0.3, -0.25) is 4.90 Å². The number of hydrogen-bond donors (Lipinski definition) is 1. The van der Waals surface area contributed by atoms with Gasteiger partial charge in [-0.1, -0.05) is 17.4 Å². The number of rotatable bonds is 7. The van der Waals surface area contributed by atoms with Gasteiger partial charge in [0.25, 0.3) is 0 Å². The van der Waals surface area contributed by atoms with Crippen LogP contribution in [-0.4, -0.2) is 65.8 Å². The molecule has 0 radical (unpaired) electrons. The Morgan fingerprint density at radius 3 is 2.29 bits per heavy atom. The molecule has 3 rings (SSSR count). The predicted octanol–water partition coefficient (Wildman–Crippen LogP) is 1.14. The zero-order valence-corrected chi connectivity index (χ0v) is 17.7. The maximum atomic E-state index is 11.4. The average Bonchev–Trinajstić information content (AvgIpc) is 3.18. The molecule has 11 heteroatoms. The van der Waals surface area contributed by atoms with Crippen molar-refractivity contribution in [1.29, 1.82) is 0 Å². The topological polar surface area (TPSA) is 107 Å². The summed E-state index contributed by atoms with van der Waals surface area (Å²) in [5.74, 6) is 1.88. The van der Waals surface area contributed by atoms with Gasteiger partial charge in [0, 0.05) is 38.3 Å². The number of aromatic nitrogens is 1. The number of nitrogens with zero attached hydrogens (tertiary/aromatic N) is 3. The molecule has 0 spiro atoms. The van der Waals surface area contributed by atoms with Crippen molar-refractivity contribution in [2.24, 2.45) is 5.14 Å². The zero-order valence-electron chi connectivity index (χ0n) is 16.0. The van der Waals surface area contributed by atoms with Gasteiger partial charge in [0.1, 0.15) is 0 Å². The summed E-state index contributed by atoms with van der Waals surface area (Å²) in [6, 6.07) is 3.85. The number of sulfonamides is 1. The summed E-state index contributed by atoms with van der Waals surface area (Å²) in [6.07, 6.45) is 1.32. The second kappa shape index (κ2) is 8.52. The van der Waals surface area contributed by atoms with Gasteiger partial charge in [0.2, 0.25) is 15.8 Å². The molecule has 0 saturated carbocycles. The molecule has 1 aliphatic heterocycles. The lowest BCUT2D eigenvalue weighted by atomic mass is 10.1. The first-order valence-electron chi connectivity index (χ1n) is 8.61. The monoisotopic (exact) mass is 428 g/mol. The molecule has 0 amide bonds. The molecule has 9 nitrogen and oxygen atoms in total. The smallest absolute Gasteiger partial charge is 0.249 e.